The predicted octanol–water partition coefficient (Wildman–Crippen LogP) is 8.30. The average Bonchev–Trinajstić information content (AvgIpc) is 3.43. The van der Waals surface area contributed by atoms with Crippen molar-refractivity contribution in [1.29, 1.82) is 0 Å². The summed E-state index contributed by atoms with van der Waals surface area (Å²) in [5, 5.41) is 0. The van der Waals surface area contributed by atoms with Crippen LogP contribution in [-0.4, -0.2) is 37.2 Å². The van der Waals surface area contributed by atoms with Gasteiger partial charge in [0.15, 0.2) is 0 Å². The SMILES string of the molecule is COC(=O)CC[C@@H](C)[C@@H]1CC[C@H]2[C@H]3CC[C@H]4C[C@H](OC(=O)c5ccccc5)CC[C@]4(C)[C@@H]3C[C@H](OC(=O)c3ccccc3)[C@@]21C. The number of methoxy groups -OCH3 is 1. The number of hydrogen-bond acceptors (Lipinski definition) is 6. The minimum atomic E-state index is -0.235. The first-order valence-electron chi connectivity index (χ1n) is 17.2. The van der Waals surface area contributed by atoms with E-state index in [-0.39, 0.29) is 40.9 Å². The van der Waals surface area contributed by atoms with Crippen molar-refractivity contribution in [1.82, 2.24) is 0 Å². The molecule has 0 N–H and O–H groups in total. The Balaban J connectivity index is 1.24. The molecule has 0 unspecified atom stereocenters. The minimum absolute atomic E-state index is 0.0561. The second-order valence-corrected chi connectivity index (χ2v) is 15.0. The van der Waals surface area contributed by atoms with Gasteiger partial charge in [0, 0.05) is 11.8 Å². The molecule has 4 fully saturated rings. The Bertz CT molecular complexity index is 1360. The first-order valence-corrected chi connectivity index (χ1v) is 17.2. The highest BCUT2D eigenvalue weighted by atomic mass is 16.5. The van der Waals surface area contributed by atoms with Gasteiger partial charge in [-0.05, 0) is 123 Å². The number of carbonyl (C=O) groups is 3. The number of benzene rings is 2. The zero-order valence-electron chi connectivity index (χ0n) is 27.4. The molecule has 0 bridgehead atoms. The summed E-state index contributed by atoms with van der Waals surface area (Å²) in [6.45, 7) is 7.16. The van der Waals surface area contributed by atoms with Gasteiger partial charge in [0.1, 0.15) is 12.2 Å². The molecule has 0 aliphatic heterocycles. The molecule has 0 spiro atoms. The maximum absolute atomic E-state index is 13.6. The Kier molecular flexibility index (Phi) is 9.14. The molecule has 0 radical (unpaired) electrons. The third-order valence-corrected chi connectivity index (χ3v) is 13.0. The molecule has 6 heteroatoms. The van der Waals surface area contributed by atoms with Crippen molar-refractivity contribution in [2.45, 2.75) is 97.2 Å². The van der Waals surface area contributed by atoms with Crippen molar-refractivity contribution in [2.75, 3.05) is 7.11 Å². The van der Waals surface area contributed by atoms with Gasteiger partial charge in [-0.3, -0.25) is 4.79 Å². The lowest BCUT2D eigenvalue weighted by Crippen LogP contribution is -2.59. The molecule has 0 saturated heterocycles. The van der Waals surface area contributed by atoms with Crippen LogP contribution in [0.1, 0.15) is 106 Å². The first-order chi connectivity index (χ1) is 21.6. The zero-order chi connectivity index (χ0) is 31.8. The van der Waals surface area contributed by atoms with Gasteiger partial charge in [-0.15, -0.1) is 0 Å². The summed E-state index contributed by atoms with van der Waals surface area (Å²) in [5.41, 5.74) is 1.18. The molecule has 0 amide bonds. The quantitative estimate of drug-likeness (QED) is 0.220. The molecule has 4 saturated carbocycles. The van der Waals surface area contributed by atoms with Crippen LogP contribution in [0.25, 0.3) is 0 Å². The molecule has 10 atom stereocenters. The van der Waals surface area contributed by atoms with Gasteiger partial charge >= 0.3 is 17.9 Å². The topological polar surface area (TPSA) is 78.9 Å². The average molecular weight is 615 g/mol. The van der Waals surface area contributed by atoms with E-state index < -0.39 is 0 Å². The van der Waals surface area contributed by atoms with Gasteiger partial charge in [-0.25, -0.2) is 9.59 Å². The van der Waals surface area contributed by atoms with Gasteiger partial charge in [0.25, 0.3) is 0 Å². The summed E-state index contributed by atoms with van der Waals surface area (Å²) in [6.07, 6.45) is 9.21. The Morgan fingerprint density at radius 2 is 1.44 bits per heavy atom. The zero-order valence-corrected chi connectivity index (χ0v) is 27.4. The first kappa shape index (κ1) is 31.8. The molecule has 242 valence electrons. The molecule has 2 aromatic rings. The van der Waals surface area contributed by atoms with Crippen LogP contribution in [0.4, 0.5) is 0 Å². The summed E-state index contributed by atoms with van der Waals surface area (Å²) < 4.78 is 17.6. The summed E-state index contributed by atoms with van der Waals surface area (Å²) in [4.78, 5) is 38.6. The fourth-order valence-corrected chi connectivity index (χ4v) is 10.6. The Morgan fingerprint density at radius 3 is 2.09 bits per heavy atom. The molecule has 4 aliphatic carbocycles. The van der Waals surface area contributed by atoms with Crippen LogP contribution in [-0.2, 0) is 19.0 Å². The highest BCUT2D eigenvalue weighted by Crippen LogP contribution is 2.69. The van der Waals surface area contributed by atoms with Crippen molar-refractivity contribution >= 4 is 17.9 Å². The lowest BCUT2D eigenvalue weighted by molar-refractivity contribution is -0.176. The number of hydrogen-bond donors (Lipinski definition) is 0. The lowest BCUT2D eigenvalue weighted by atomic mass is 9.43. The van der Waals surface area contributed by atoms with Crippen molar-refractivity contribution in [3.8, 4) is 0 Å². The molecule has 0 aromatic heterocycles. The molecule has 45 heavy (non-hydrogen) atoms. The van der Waals surface area contributed by atoms with E-state index in [9.17, 15) is 14.4 Å². The number of carbonyl (C=O) groups excluding carboxylic acids is 3. The van der Waals surface area contributed by atoms with Gasteiger partial charge in [-0.2, -0.15) is 0 Å². The summed E-state index contributed by atoms with van der Waals surface area (Å²) in [5.74, 6) is 2.08. The molecule has 6 rings (SSSR count). The van der Waals surface area contributed by atoms with Crippen molar-refractivity contribution in [2.24, 2.45) is 46.3 Å². The second kappa shape index (κ2) is 12.9. The number of ether oxygens (including phenoxy) is 3. The maximum atomic E-state index is 13.6. The van der Waals surface area contributed by atoms with E-state index in [4.69, 9.17) is 14.2 Å². The van der Waals surface area contributed by atoms with Gasteiger partial charge in [0.05, 0.1) is 18.2 Å². The van der Waals surface area contributed by atoms with Crippen LogP contribution in [0.15, 0.2) is 60.7 Å². The Labute approximate surface area is 268 Å². The van der Waals surface area contributed by atoms with Crippen LogP contribution in [0.5, 0.6) is 0 Å². The predicted molar refractivity (Wildman–Crippen MR) is 172 cm³/mol. The highest BCUT2D eigenvalue weighted by Gasteiger charge is 2.65. The highest BCUT2D eigenvalue weighted by molar-refractivity contribution is 5.90. The molecule has 0 heterocycles. The van der Waals surface area contributed by atoms with Crippen LogP contribution < -0.4 is 0 Å². The molecular formula is C39H50O6. The third-order valence-electron chi connectivity index (χ3n) is 13.0. The van der Waals surface area contributed by atoms with Crippen LogP contribution in [0.3, 0.4) is 0 Å². The fourth-order valence-electron chi connectivity index (χ4n) is 10.6. The molecule has 6 nitrogen and oxygen atoms in total. The van der Waals surface area contributed by atoms with Gasteiger partial charge in [0.2, 0.25) is 0 Å². The number of fused-ring (bicyclic) bond motifs is 5. The Hall–Kier alpha value is -3.15. The molecular weight excluding hydrogens is 564 g/mol. The third kappa shape index (κ3) is 5.94. The second-order valence-electron chi connectivity index (χ2n) is 15.0. The minimum Gasteiger partial charge on any atom is -0.469 e. The largest absolute Gasteiger partial charge is 0.469 e. The summed E-state index contributed by atoms with van der Waals surface area (Å²) >= 11 is 0. The van der Waals surface area contributed by atoms with E-state index in [1.165, 1.54) is 13.5 Å². The fraction of sp³-hybridized carbons (Fsp3) is 0.615. The van der Waals surface area contributed by atoms with E-state index in [1.54, 1.807) is 0 Å². The van der Waals surface area contributed by atoms with E-state index in [0.717, 1.165) is 51.4 Å². The summed E-state index contributed by atoms with van der Waals surface area (Å²) in [7, 11) is 1.46. The smallest absolute Gasteiger partial charge is 0.338 e. The van der Waals surface area contributed by atoms with Crippen LogP contribution in [0.2, 0.25) is 0 Å². The number of esters is 3. The van der Waals surface area contributed by atoms with Gasteiger partial charge in [-0.1, -0.05) is 57.2 Å². The van der Waals surface area contributed by atoms with E-state index in [0.29, 0.717) is 53.1 Å². The van der Waals surface area contributed by atoms with Crippen molar-refractivity contribution in [3.63, 3.8) is 0 Å². The molecule has 4 aliphatic rings. The number of rotatable bonds is 8. The standard InChI is InChI=1S/C39H50O6/c1-25(15-20-35(40)43-4)31-18-19-32-30-17-16-28-23-29(44-36(41)26-11-7-5-8-12-26)21-22-38(28,2)33(30)24-34(39(31,32)3)45-37(42)27-13-9-6-10-14-27/h5-14,25,28-34H,15-24H2,1-4H3/t25-,28+,29-,30-,31+,32+,33-,34+,38+,39-/m1/s1. The van der Waals surface area contributed by atoms with Crippen molar-refractivity contribution < 1.29 is 28.6 Å². The summed E-state index contributed by atoms with van der Waals surface area (Å²) in [6, 6.07) is 18.7. The maximum Gasteiger partial charge on any atom is 0.338 e. The monoisotopic (exact) mass is 614 g/mol. The lowest BCUT2D eigenvalue weighted by Gasteiger charge is -2.62. The Morgan fingerprint density at radius 1 is 0.800 bits per heavy atom. The van der Waals surface area contributed by atoms with E-state index in [2.05, 4.69) is 20.8 Å². The normalized spacial score (nSPS) is 36.0. The van der Waals surface area contributed by atoms with Crippen LogP contribution >= 0.6 is 0 Å². The van der Waals surface area contributed by atoms with E-state index in [1.807, 2.05) is 60.7 Å². The van der Waals surface area contributed by atoms with Gasteiger partial charge < -0.3 is 14.2 Å². The van der Waals surface area contributed by atoms with E-state index >= 15 is 0 Å². The van der Waals surface area contributed by atoms with Crippen LogP contribution in [0, 0.1) is 46.3 Å². The van der Waals surface area contributed by atoms with Crippen molar-refractivity contribution in [3.05, 3.63) is 71.8 Å². The molecule has 2 aromatic carbocycles.